The maximum absolute atomic E-state index is 11.8. The standard InChI is InChI=1S/C17H18BrN3O3/c1-11-4-3-5-13(6-11)19-10-16(22)21-20-9-12-7-14(18)17(23)15(8-12)24-2/h3-9,19,23H,10H2,1-2H3,(H,21,22)/b20-9+. The Bertz CT molecular complexity index is 763. The lowest BCUT2D eigenvalue weighted by Gasteiger charge is -2.07. The van der Waals surface area contributed by atoms with E-state index in [1.807, 2.05) is 31.2 Å². The van der Waals surface area contributed by atoms with Gasteiger partial charge in [0.05, 0.1) is 24.3 Å². The van der Waals surface area contributed by atoms with E-state index >= 15 is 0 Å². The Kier molecular flexibility index (Phi) is 6.20. The van der Waals surface area contributed by atoms with Gasteiger partial charge < -0.3 is 15.2 Å². The molecule has 24 heavy (non-hydrogen) atoms. The topological polar surface area (TPSA) is 83.0 Å². The van der Waals surface area contributed by atoms with Gasteiger partial charge in [0.25, 0.3) is 5.91 Å². The Labute approximate surface area is 148 Å². The quantitative estimate of drug-likeness (QED) is 0.521. The fraction of sp³-hybridized carbons (Fsp3) is 0.176. The fourth-order valence-electron chi connectivity index (χ4n) is 1.98. The summed E-state index contributed by atoms with van der Waals surface area (Å²) in [5.41, 5.74) is 5.10. The Morgan fingerprint density at radius 1 is 1.38 bits per heavy atom. The number of benzene rings is 2. The van der Waals surface area contributed by atoms with Gasteiger partial charge in [0.1, 0.15) is 0 Å². The minimum Gasteiger partial charge on any atom is -0.503 e. The lowest BCUT2D eigenvalue weighted by atomic mass is 10.2. The van der Waals surface area contributed by atoms with Crippen LogP contribution < -0.4 is 15.5 Å². The third-order valence-electron chi connectivity index (χ3n) is 3.14. The van der Waals surface area contributed by atoms with Gasteiger partial charge in [-0.3, -0.25) is 4.79 Å². The monoisotopic (exact) mass is 391 g/mol. The first-order chi connectivity index (χ1) is 11.5. The fourth-order valence-corrected chi connectivity index (χ4v) is 2.44. The van der Waals surface area contributed by atoms with Crippen LogP contribution in [0.4, 0.5) is 5.69 Å². The van der Waals surface area contributed by atoms with Crippen LogP contribution >= 0.6 is 15.9 Å². The second kappa shape index (κ2) is 8.35. The van der Waals surface area contributed by atoms with Gasteiger partial charge in [0.15, 0.2) is 11.5 Å². The first-order valence-electron chi connectivity index (χ1n) is 7.18. The number of phenolic OH excluding ortho intramolecular Hbond substituents is 1. The molecule has 0 aliphatic heterocycles. The average molecular weight is 392 g/mol. The van der Waals surface area contributed by atoms with Gasteiger partial charge in [0.2, 0.25) is 0 Å². The molecule has 0 aliphatic rings. The highest BCUT2D eigenvalue weighted by Crippen LogP contribution is 2.34. The van der Waals surface area contributed by atoms with Crippen LogP contribution in [0.15, 0.2) is 46.0 Å². The maximum atomic E-state index is 11.8. The number of carbonyl (C=O) groups is 1. The highest BCUT2D eigenvalue weighted by atomic mass is 79.9. The second-order valence-corrected chi connectivity index (χ2v) is 5.92. The lowest BCUT2D eigenvalue weighted by Crippen LogP contribution is -2.25. The molecule has 0 bridgehead atoms. The third kappa shape index (κ3) is 4.99. The molecule has 0 aliphatic carbocycles. The number of nitrogens with zero attached hydrogens (tertiary/aromatic N) is 1. The van der Waals surface area contributed by atoms with Gasteiger partial charge in [-0.2, -0.15) is 5.10 Å². The normalized spacial score (nSPS) is 10.6. The van der Waals surface area contributed by atoms with Crippen LogP contribution in [0.5, 0.6) is 11.5 Å². The highest BCUT2D eigenvalue weighted by Gasteiger charge is 2.07. The zero-order valence-corrected chi connectivity index (χ0v) is 14.9. The molecule has 0 fully saturated rings. The van der Waals surface area contributed by atoms with Crippen LogP contribution in [0.2, 0.25) is 0 Å². The van der Waals surface area contributed by atoms with Crippen molar-refractivity contribution in [3.8, 4) is 11.5 Å². The number of carbonyl (C=O) groups excluding carboxylic acids is 1. The molecule has 0 heterocycles. The van der Waals surface area contributed by atoms with Crippen molar-refractivity contribution in [2.24, 2.45) is 5.10 Å². The zero-order valence-electron chi connectivity index (χ0n) is 13.3. The summed E-state index contributed by atoms with van der Waals surface area (Å²) in [6.45, 7) is 2.10. The Morgan fingerprint density at radius 2 is 2.17 bits per heavy atom. The summed E-state index contributed by atoms with van der Waals surface area (Å²) in [4.78, 5) is 11.8. The molecule has 2 rings (SSSR count). The highest BCUT2D eigenvalue weighted by molar-refractivity contribution is 9.10. The Balaban J connectivity index is 1.89. The summed E-state index contributed by atoms with van der Waals surface area (Å²) in [5, 5.41) is 16.7. The summed E-state index contributed by atoms with van der Waals surface area (Å²) < 4.78 is 5.53. The first kappa shape index (κ1) is 17.8. The van der Waals surface area contributed by atoms with E-state index < -0.39 is 0 Å². The number of nitrogens with one attached hydrogen (secondary N) is 2. The molecule has 0 saturated heterocycles. The number of hydrazone groups is 1. The van der Waals surface area contributed by atoms with Crippen LogP contribution in [0.3, 0.4) is 0 Å². The number of amides is 1. The molecule has 0 radical (unpaired) electrons. The van der Waals surface area contributed by atoms with Crippen molar-refractivity contribution >= 4 is 33.7 Å². The molecule has 2 aromatic rings. The molecule has 0 aromatic heterocycles. The number of aromatic hydroxyl groups is 1. The molecule has 1 amide bonds. The van der Waals surface area contributed by atoms with E-state index in [4.69, 9.17) is 4.74 Å². The smallest absolute Gasteiger partial charge is 0.259 e. The largest absolute Gasteiger partial charge is 0.503 e. The molecule has 126 valence electrons. The number of hydrogen-bond acceptors (Lipinski definition) is 5. The van der Waals surface area contributed by atoms with Crippen molar-refractivity contribution in [3.63, 3.8) is 0 Å². The van der Waals surface area contributed by atoms with Crippen LogP contribution in [0.1, 0.15) is 11.1 Å². The summed E-state index contributed by atoms with van der Waals surface area (Å²) in [7, 11) is 1.46. The summed E-state index contributed by atoms with van der Waals surface area (Å²) in [6, 6.07) is 11.0. The molecule has 7 heteroatoms. The molecular formula is C17H18BrN3O3. The van der Waals surface area contributed by atoms with Crippen LogP contribution in [-0.4, -0.2) is 30.9 Å². The molecule has 6 nitrogen and oxygen atoms in total. The molecular weight excluding hydrogens is 374 g/mol. The van der Waals surface area contributed by atoms with Gasteiger partial charge >= 0.3 is 0 Å². The summed E-state index contributed by atoms with van der Waals surface area (Å²) in [5.74, 6) is 0.0665. The summed E-state index contributed by atoms with van der Waals surface area (Å²) >= 11 is 3.23. The lowest BCUT2D eigenvalue weighted by molar-refractivity contribution is -0.119. The number of rotatable bonds is 6. The van der Waals surface area contributed by atoms with Crippen molar-refractivity contribution in [3.05, 3.63) is 52.0 Å². The van der Waals surface area contributed by atoms with Crippen molar-refractivity contribution in [2.75, 3.05) is 19.0 Å². The Morgan fingerprint density at radius 3 is 2.88 bits per heavy atom. The summed E-state index contributed by atoms with van der Waals surface area (Å²) in [6.07, 6.45) is 1.47. The molecule has 0 atom stereocenters. The van der Waals surface area contributed by atoms with Gasteiger partial charge in [-0.15, -0.1) is 0 Å². The van der Waals surface area contributed by atoms with E-state index in [9.17, 15) is 9.90 Å². The van der Waals surface area contributed by atoms with Gasteiger partial charge in [0, 0.05) is 5.69 Å². The maximum Gasteiger partial charge on any atom is 0.259 e. The van der Waals surface area contributed by atoms with E-state index in [1.165, 1.54) is 13.3 Å². The minimum atomic E-state index is -0.266. The van der Waals surface area contributed by atoms with Crippen molar-refractivity contribution in [2.45, 2.75) is 6.92 Å². The number of halogens is 1. The third-order valence-corrected chi connectivity index (χ3v) is 3.75. The predicted octanol–water partition coefficient (Wildman–Crippen LogP) is 3.03. The molecule has 0 spiro atoms. The van der Waals surface area contributed by atoms with Gasteiger partial charge in [-0.05, 0) is 58.2 Å². The molecule has 0 unspecified atom stereocenters. The van der Waals surface area contributed by atoms with E-state index in [2.05, 4.69) is 31.8 Å². The van der Waals surface area contributed by atoms with E-state index in [0.717, 1.165) is 11.3 Å². The number of anilines is 1. The van der Waals surface area contributed by atoms with Crippen LogP contribution in [0.25, 0.3) is 0 Å². The van der Waals surface area contributed by atoms with Crippen LogP contribution in [0, 0.1) is 6.92 Å². The van der Waals surface area contributed by atoms with E-state index in [0.29, 0.717) is 15.8 Å². The van der Waals surface area contributed by atoms with Gasteiger partial charge in [-0.25, -0.2) is 5.43 Å². The number of hydrogen-bond donors (Lipinski definition) is 3. The van der Waals surface area contributed by atoms with Crippen molar-refractivity contribution < 1.29 is 14.6 Å². The van der Waals surface area contributed by atoms with E-state index in [1.54, 1.807) is 12.1 Å². The predicted molar refractivity (Wildman–Crippen MR) is 97.8 cm³/mol. The first-order valence-corrected chi connectivity index (χ1v) is 7.98. The van der Waals surface area contributed by atoms with Crippen LogP contribution in [-0.2, 0) is 4.79 Å². The Hall–Kier alpha value is -2.54. The SMILES string of the molecule is COc1cc(/C=N/NC(=O)CNc2cccc(C)c2)cc(Br)c1O. The molecule has 0 saturated carbocycles. The zero-order chi connectivity index (χ0) is 17.5. The number of phenols is 1. The van der Waals surface area contributed by atoms with Gasteiger partial charge in [-0.1, -0.05) is 12.1 Å². The molecule has 3 N–H and O–H groups in total. The molecule has 2 aromatic carbocycles. The number of ether oxygens (including phenoxy) is 1. The minimum absolute atomic E-state index is 0.0149. The van der Waals surface area contributed by atoms with Crippen molar-refractivity contribution in [1.82, 2.24) is 5.43 Å². The second-order valence-electron chi connectivity index (χ2n) is 5.07. The number of aryl methyl sites for hydroxylation is 1. The number of methoxy groups -OCH3 is 1. The van der Waals surface area contributed by atoms with Crippen molar-refractivity contribution in [1.29, 1.82) is 0 Å². The van der Waals surface area contributed by atoms with E-state index in [-0.39, 0.29) is 18.2 Å². The average Bonchev–Trinajstić information content (AvgIpc) is 2.56.